The molecule has 2 heteroatoms. The third kappa shape index (κ3) is 1.89. The van der Waals surface area contributed by atoms with E-state index in [2.05, 4.69) is 30.2 Å². The van der Waals surface area contributed by atoms with Crippen molar-refractivity contribution in [1.29, 1.82) is 0 Å². The third-order valence-electron chi connectivity index (χ3n) is 3.24. The Kier molecular flexibility index (Phi) is 2.71. The summed E-state index contributed by atoms with van der Waals surface area (Å²) in [6.07, 6.45) is 7.80. The van der Waals surface area contributed by atoms with E-state index in [1.165, 1.54) is 30.5 Å². The number of aryl methyl sites for hydroxylation is 1. The topological polar surface area (TPSA) is 24.9 Å². The van der Waals surface area contributed by atoms with E-state index in [1.807, 2.05) is 12.4 Å². The molecular formula is C12H18N2. The molecule has 0 radical (unpaired) electrons. The first kappa shape index (κ1) is 9.50. The van der Waals surface area contributed by atoms with Crippen LogP contribution in [0.4, 0.5) is 5.69 Å². The highest BCUT2D eigenvalue weighted by Gasteiger charge is 2.23. The second-order valence-electron chi connectivity index (χ2n) is 4.35. The number of nitrogens with zero attached hydrogens (tertiary/aromatic N) is 1. The monoisotopic (exact) mass is 190 g/mol. The summed E-state index contributed by atoms with van der Waals surface area (Å²) in [5.74, 6) is 0.801. The van der Waals surface area contributed by atoms with Crippen LogP contribution in [-0.4, -0.2) is 11.0 Å². The summed E-state index contributed by atoms with van der Waals surface area (Å²) in [6, 6.07) is 2.71. The summed E-state index contributed by atoms with van der Waals surface area (Å²) in [4.78, 5) is 4.15. The number of nitrogens with one attached hydrogen (secondary N) is 1. The van der Waals surface area contributed by atoms with Crippen molar-refractivity contribution in [2.75, 3.05) is 5.32 Å². The number of aromatic nitrogens is 1. The predicted molar refractivity (Wildman–Crippen MR) is 59.4 cm³/mol. The van der Waals surface area contributed by atoms with Gasteiger partial charge in [0.25, 0.3) is 0 Å². The van der Waals surface area contributed by atoms with Crippen molar-refractivity contribution in [2.24, 2.45) is 5.92 Å². The number of hydrogen-bond acceptors (Lipinski definition) is 2. The first-order valence-corrected chi connectivity index (χ1v) is 5.44. The van der Waals surface area contributed by atoms with Crippen molar-refractivity contribution >= 4 is 5.69 Å². The molecule has 14 heavy (non-hydrogen) atoms. The van der Waals surface area contributed by atoms with Gasteiger partial charge in [-0.05, 0) is 37.3 Å². The average molecular weight is 190 g/mol. The fourth-order valence-electron chi connectivity index (χ4n) is 2.17. The lowest BCUT2D eigenvalue weighted by molar-refractivity contribution is 0.556. The maximum absolute atomic E-state index is 4.15. The van der Waals surface area contributed by atoms with Gasteiger partial charge < -0.3 is 5.32 Å². The van der Waals surface area contributed by atoms with Gasteiger partial charge in [0, 0.05) is 12.2 Å². The smallest absolute Gasteiger partial charge is 0.0558 e. The fourth-order valence-corrected chi connectivity index (χ4v) is 2.17. The summed E-state index contributed by atoms with van der Waals surface area (Å²) in [5.41, 5.74) is 2.49. The van der Waals surface area contributed by atoms with E-state index in [0.717, 1.165) is 5.92 Å². The van der Waals surface area contributed by atoms with E-state index in [9.17, 15) is 0 Å². The Morgan fingerprint density at radius 1 is 1.43 bits per heavy atom. The zero-order chi connectivity index (χ0) is 9.97. The molecule has 1 aromatic rings. The van der Waals surface area contributed by atoms with E-state index in [0.29, 0.717) is 6.04 Å². The van der Waals surface area contributed by atoms with E-state index in [4.69, 9.17) is 0 Å². The zero-order valence-corrected chi connectivity index (χ0v) is 8.96. The maximum Gasteiger partial charge on any atom is 0.0558 e. The van der Waals surface area contributed by atoms with Crippen molar-refractivity contribution in [3.63, 3.8) is 0 Å². The first-order chi connectivity index (χ1) is 6.77. The maximum atomic E-state index is 4.15. The van der Waals surface area contributed by atoms with Gasteiger partial charge in [0.15, 0.2) is 0 Å². The molecule has 76 valence electrons. The van der Waals surface area contributed by atoms with Crippen molar-refractivity contribution in [3.05, 3.63) is 24.0 Å². The molecule has 1 aliphatic carbocycles. The molecule has 0 aromatic carbocycles. The normalized spacial score (nSPS) is 26.4. The van der Waals surface area contributed by atoms with Crippen LogP contribution in [0.2, 0.25) is 0 Å². The highest BCUT2D eigenvalue weighted by atomic mass is 14.9. The molecule has 2 atom stereocenters. The molecule has 1 aromatic heterocycles. The van der Waals surface area contributed by atoms with Gasteiger partial charge >= 0.3 is 0 Å². The van der Waals surface area contributed by atoms with Crippen LogP contribution in [0.1, 0.15) is 31.7 Å². The molecule has 0 saturated heterocycles. The Balaban J connectivity index is 2.07. The summed E-state index contributed by atoms with van der Waals surface area (Å²) >= 11 is 0. The molecule has 0 bridgehead atoms. The van der Waals surface area contributed by atoms with Crippen molar-refractivity contribution in [1.82, 2.24) is 4.98 Å². The third-order valence-corrected chi connectivity index (χ3v) is 3.24. The van der Waals surface area contributed by atoms with Gasteiger partial charge in [-0.1, -0.05) is 13.3 Å². The molecule has 2 nitrogen and oxygen atoms in total. The predicted octanol–water partition coefficient (Wildman–Crippen LogP) is 2.99. The number of pyridine rings is 1. The Bertz CT molecular complexity index is 309. The summed E-state index contributed by atoms with van der Waals surface area (Å²) in [6.45, 7) is 4.46. The largest absolute Gasteiger partial charge is 0.381 e. The lowest BCUT2D eigenvalue weighted by atomic mass is 10.1. The van der Waals surface area contributed by atoms with Gasteiger partial charge in [-0.25, -0.2) is 0 Å². The second kappa shape index (κ2) is 3.99. The van der Waals surface area contributed by atoms with Crippen molar-refractivity contribution in [2.45, 2.75) is 39.2 Å². The molecule has 0 spiro atoms. The lowest BCUT2D eigenvalue weighted by Crippen LogP contribution is -2.22. The minimum absolute atomic E-state index is 0.651. The van der Waals surface area contributed by atoms with Gasteiger partial charge in [-0.15, -0.1) is 0 Å². The minimum Gasteiger partial charge on any atom is -0.381 e. The summed E-state index contributed by atoms with van der Waals surface area (Å²) in [7, 11) is 0. The van der Waals surface area contributed by atoms with E-state index < -0.39 is 0 Å². The molecule has 1 N–H and O–H groups in total. The molecular weight excluding hydrogens is 172 g/mol. The van der Waals surface area contributed by atoms with Gasteiger partial charge in [-0.2, -0.15) is 0 Å². The molecule has 2 rings (SSSR count). The lowest BCUT2D eigenvalue weighted by Gasteiger charge is -2.19. The van der Waals surface area contributed by atoms with Crippen LogP contribution in [0.25, 0.3) is 0 Å². The minimum atomic E-state index is 0.651. The van der Waals surface area contributed by atoms with Crippen molar-refractivity contribution < 1.29 is 0 Å². The van der Waals surface area contributed by atoms with E-state index in [1.54, 1.807) is 0 Å². The van der Waals surface area contributed by atoms with Crippen LogP contribution in [0.3, 0.4) is 0 Å². The quantitative estimate of drug-likeness (QED) is 0.775. The molecule has 1 fully saturated rings. The number of hydrogen-bond donors (Lipinski definition) is 1. The van der Waals surface area contributed by atoms with Gasteiger partial charge in [0.1, 0.15) is 0 Å². The first-order valence-electron chi connectivity index (χ1n) is 5.44. The average Bonchev–Trinajstić information content (AvgIpc) is 2.56. The Morgan fingerprint density at radius 2 is 2.29 bits per heavy atom. The van der Waals surface area contributed by atoms with Gasteiger partial charge in [0.05, 0.1) is 11.9 Å². The highest BCUT2D eigenvalue weighted by molar-refractivity contribution is 5.48. The Hall–Kier alpha value is -1.05. The molecule has 0 amide bonds. The SMILES string of the molecule is Cc1ccncc1N[C@@H]1CCC[C@@H]1C. The van der Waals surface area contributed by atoms with Crippen LogP contribution in [-0.2, 0) is 0 Å². The molecule has 1 saturated carbocycles. The van der Waals surface area contributed by atoms with Crippen LogP contribution < -0.4 is 5.32 Å². The summed E-state index contributed by atoms with van der Waals surface area (Å²) in [5, 5.41) is 3.60. The van der Waals surface area contributed by atoms with Gasteiger partial charge in [0.2, 0.25) is 0 Å². The van der Waals surface area contributed by atoms with Crippen LogP contribution in [0, 0.1) is 12.8 Å². The highest BCUT2D eigenvalue weighted by Crippen LogP contribution is 2.28. The van der Waals surface area contributed by atoms with Gasteiger partial charge in [-0.3, -0.25) is 4.98 Å². The van der Waals surface area contributed by atoms with Crippen LogP contribution in [0.15, 0.2) is 18.5 Å². The van der Waals surface area contributed by atoms with E-state index >= 15 is 0 Å². The zero-order valence-electron chi connectivity index (χ0n) is 8.96. The van der Waals surface area contributed by atoms with E-state index in [-0.39, 0.29) is 0 Å². The van der Waals surface area contributed by atoms with Crippen LogP contribution >= 0.6 is 0 Å². The molecule has 1 heterocycles. The van der Waals surface area contributed by atoms with Crippen molar-refractivity contribution in [3.8, 4) is 0 Å². The van der Waals surface area contributed by atoms with Crippen LogP contribution in [0.5, 0.6) is 0 Å². The molecule has 0 unspecified atom stereocenters. The molecule has 0 aliphatic heterocycles. The number of rotatable bonds is 2. The summed E-state index contributed by atoms with van der Waals surface area (Å²) < 4.78 is 0. The number of anilines is 1. The Morgan fingerprint density at radius 3 is 2.93 bits per heavy atom. The Labute approximate surface area is 85.7 Å². The standard InChI is InChI=1S/C12H18N2/c1-9-4-3-5-11(9)14-12-8-13-7-6-10(12)2/h6-9,11,14H,3-5H2,1-2H3/t9-,11+/m0/s1. The second-order valence-corrected chi connectivity index (χ2v) is 4.35. The fraction of sp³-hybridized carbons (Fsp3) is 0.583. The molecule has 1 aliphatic rings.